The number of rotatable bonds is 9. The van der Waals surface area contributed by atoms with Gasteiger partial charge in [-0.1, -0.05) is 87.9 Å². The Morgan fingerprint density at radius 3 is 2.45 bits per heavy atom. The van der Waals surface area contributed by atoms with E-state index in [-0.39, 0.29) is 17.7 Å². The zero-order valence-corrected chi connectivity index (χ0v) is 29.5. The first kappa shape index (κ1) is 32.4. The first-order valence-corrected chi connectivity index (χ1v) is 17.3. The summed E-state index contributed by atoms with van der Waals surface area (Å²) in [4.78, 5) is 34.0. The van der Waals surface area contributed by atoms with Crippen LogP contribution in [0.3, 0.4) is 0 Å². The lowest BCUT2D eigenvalue weighted by Gasteiger charge is -2.27. The number of thiazole rings is 1. The molecule has 8 nitrogen and oxygen atoms in total. The van der Waals surface area contributed by atoms with Crippen LogP contribution in [0.4, 0.5) is 0 Å². The number of nitrogens with zero attached hydrogens (tertiary/aromatic N) is 3. The summed E-state index contributed by atoms with van der Waals surface area (Å²) in [5.41, 5.74) is 4.82. The van der Waals surface area contributed by atoms with E-state index in [1.54, 1.807) is 43.9 Å². The van der Waals surface area contributed by atoms with Gasteiger partial charge < -0.3 is 18.8 Å². The SMILES string of the molecule is CCOC(=O)C1=C(c2ccccc2)N=c2sc(=Cc3cn(Cc4ccc(Br)cc4)c4ccccc34)c(=O)n2C1c1cc(OC)ccc1OC. The average Bonchev–Trinajstić information content (AvgIpc) is 3.64. The van der Waals surface area contributed by atoms with E-state index in [0.29, 0.717) is 38.6 Å². The number of halogens is 1. The van der Waals surface area contributed by atoms with Gasteiger partial charge in [0.15, 0.2) is 4.80 Å². The molecule has 1 atom stereocenters. The van der Waals surface area contributed by atoms with Crippen molar-refractivity contribution in [1.82, 2.24) is 9.13 Å². The Bertz CT molecular complexity index is 2410. The molecular weight excluding hydrogens is 702 g/mol. The van der Waals surface area contributed by atoms with Crippen LogP contribution in [-0.2, 0) is 16.1 Å². The zero-order valence-electron chi connectivity index (χ0n) is 27.1. The number of benzene rings is 4. The quantitative estimate of drug-likeness (QED) is 0.154. The minimum Gasteiger partial charge on any atom is -0.497 e. The molecule has 2 aromatic heterocycles. The fourth-order valence-electron chi connectivity index (χ4n) is 6.24. The molecule has 0 bridgehead atoms. The van der Waals surface area contributed by atoms with Crippen molar-refractivity contribution in [3.8, 4) is 11.5 Å². The molecule has 7 rings (SSSR count). The maximum Gasteiger partial charge on any atom is 0.338 e. The van der Waals surface area contributed by atoms with E-state index in [1.807, 2.05) is 60.7 Å². The predicted molar refractivity (Wildman–Crippen MR) is 196 cm³/mol. The van der Waals surface area contributed by atoms with Crippen LogP contribution in [0.1, 0.15) is 35.2 Å². The van der Waals surface area contributed by atoms with Crippen molar-refractivity contribution in [2.75, 3.05) is 20.8 Å². The summed E-state index contributed by atoms with van der Waals surface area (Å²) in [6, 6.07) is 30.3. The first-order chi connectivity index (χ1) is 23.9. The molecule has 0 aliphatic carbocycles. The maximum atomic E-state index is 14.6. The number of carbonyl (C=O) groups excluding carboxylic acids is 1. The van der Waals surface area contributed by atoms with E-state index >= 15 is 0 Å². The molecule has 10 heteroatoms. The Hall–Kier alpha value is -5.19. The summed E-state index contributed by atoms with van der Waals surface area (Å²) in [6.45, 7) is 2.58. The van der Waals surface area contributed by atoms with Crippen LogP contribution < -0.4 is 24.4 Å². The Balaban J connectivity index is 1.48. The number of esters is 1. The van der Waals surface area contributed by atoms with Gasteiger partial charge in [-0.3, -0.25) is 9.36 Å². The third kappa shape index (κ3) is 6.13. The van der Waals surface area contributed by atoms with Crippen molar-refractivity contribution in [2.45, 2.75) is 19.5 Å². The van der Waals surface area contributed by atoms with Gasteiger partial charge >= 0.3 is 5.97 Å². The highest BCUT2D eigenvalue weighted by Crippen LogP contribution is 2.40. The minimum atomic E-state index is -0.906. The van der Waals surface area contributed by atoms with Gasteiger partial charge in [0.05, 0.1) is 36.6 Å². The number of hydrogen-bond donors (Lipinski definition) is 0. The normalized spacial score (nSPS) is 14.4. The zero-order chi connectivity index (χ0) is 34.1. The van der Waals surface area contributed by atoms with Gasteiger partial charge in [0.1, 0.15) is 17.5 Å². The Morgan fingerprint density at radius 2 is 1.71 bits per heavy atom. The number of aromatic nitrogens is 2. The standard InChI is InChI=1S/C39H32BrN3O5S/c1-4-48-38(45)34-35(25-10-6-5-7-11-25)41-39-43(36(34)30-21-28(46-2)18-19-32(30)47-3)37(44)33(49-39)20-26-23-42(31-13-9-8-12-29(26)31)22-24-14-16-27(40)17-15-24/h5-21,23,36H,4,22H2,1-3H3. The predicted octanol–water partition coefficient (Wildman–Crippen LogP) is 6.72. The molecule has 1 aliphatic rings. The van der Waals surface area contributed by atoms with Gasteiger partial charge in [-0.15, -0.1) is 0 Å². The van der Waals surface area contributed by atoms with Gasteiger partial charge in [0.2, 0.25) is 0 Å². The van der Waals surface area contributed by atoms with Crippen molar-refractivity contribution in [2.24, 2.45) is 4.99 Å². The Labute approximate surface area is 295 Å². The second kappa shape index (κ2) is 13.7. The maximum absolute atomic E-state index is 14.6. The molecule has 1 unspecified atom stereocenters. The van der Waals surface area contributed by atoms with E-state index in [2.05, 4.69) is 51.0 Å². The van der Waals surface area contributed by atoms with Crippen LogP contribution in [0, 0.1) is 0 Å². The molecule has 0 spiro atoms. The van der Waals surface area contributed by atoms with E-state index in [9.17, 15) is 9.59 Å². The molecule has 3 heterocycles. The number of fused-ring (bicyclic) bond motifs is 2. The van der Waals surface area contributed by atoms with E-state index < -0.39 is 12.0 Å². The summed E-state index contributed by atoms with van der Waals surface area (Å²) in [5, 5.41) is 1.02. The lowest BCUT2D eigenvalue weighted by Crippen LogP contribution is -2.40. The van der Waals surface area contributed by atoms with Crippen molar-refractivity contribution >= 4 is 55.9 Å². The number of carbonyl (C=O) groups is 1. The summed E-state index contributed by atoms with van der Waals surface area (Å²) in [7, 11) is 3.13. The molecule has 0 saturated heterocycles. The molecule has 0 amide bonds. The van der Waals surface area contributed by atoms with Gasteiger partial charge in [-0.25, -0.2) is 9.79 Å². The van der Waals surface area contributed by atoms with Crippen molar-refractivity contribution < 1.29 is 19.0 Å². The van der Waals surface area contributed by atoms with Crippen LogP contribution >= 0.6 is 27.3 Å². The molecule has 0 fully saturated rings. The van der Waals surface area contributed by atoms with Crippen molar-refractivity contribution in [3.05, 3.63) is 155 Å². The lowest BCUT2D eigenvalue weighted by atomic mass is 9.92. The third-order valence-electron chi connectivity index (χ3n) is 8.48. The molecule has 6 aromatic rings. The Kier molecular flexibility index (Phi) is 9.07. The first-order valence-electron chi connectivity index (χ1n) is 15.7. The van der Waals surface area contributed by atoms with Crippen LogP contribution in [0.15, 0.2) is 123 Å². The molecule has 246 valence electrons. The van der Waals surface area contributed by atoms with Crippen LogP contribution in [0.2, 0.25) is 0 Å². The Morgan fingerprint density at radius 1 is 0.959 bits per heavy atom. The molecular formula is C39H32BrN3O5S. The van der Waals surface area contributed by atoms with Crippen LogP contribution in [0.5, 0.6) is 11.5 Å². The lowest BCUT2D eigenvalue weighted by molar-refractivity contribution is -0.138. The molecule has 4 aromatic carbocycles. The minimum absolute atomic E-state index is 0.154. The van der Waals surface area contributed by atoms with Gasteiger partial charge in [-0.05, 0) is 55.0 Å². The molecule has 49 heavy (non-hydrogen) atoms. The van der Waals surface area contributed by atoms with Gasteiger partial charge in [0, 0.05) is 44.8 Å². The average molecular weight is 735 g/mol. The second-order valence-electron chi connectivity index (χ2n) is 11.4. The summed E-state index contributed by atoms with van der Waals surface area (Å²) >= 11 is 4.80. The highest BCUT2D eigenvalue weighted by Gasteiger charge is 2.37. The summed E-state index contributed by atoms with van der Waals surface area (Å²) < 4.78 is 22.3. The third-order valence-corrected chi connectivity index (χ3v) is 9.99. The van der Waals surface area contributed by atoms with Crippen LogP contribution in [-0.4, -0.2) is 35.9 Å². The number of methoxy groups -OCH3 is 2. The van der Waals surface area contributed by atoms with E-state index in [0.717, 1.165) is 32.1 Å². The van der Waals surface area contributed by atoms with Gasteiger partial charge in [-0.2, -0.15) is 0 Å². The number of para-hydroxylation sites is 1. The monoisotopic (exact) mass is 733 g/mol. The topological polar surface area (TPSA) is 84.1 Å². The van der Waals surface area contributed by atoms with Crippen LogP contribution in [0.25, 0.3) is 22.7 Å². The van der Waals surface area contributed by atoms with E-state index in [4.69, 9.17) is 19.2 Å². The van der Waals surface area contributed by atoms with E-state index in [1.165, 1.54) is 11.3 Å². The molecule has 0 N–H and O–H groups in total. The molecule has 0 saturated carbocycles. The van der Waals surface area contributed by atoms with Crippen molar-refractivity contribution in [1.29, 1.82) is 0 Å². The fourth-order valence-corrected chi connectivity index (χ4v) is 7.49. The number of ether oxygens (including phenoxy) is 3. The summed E-state index contributed by atoms with van der Waals surface area (Å²) in [6.07, 6.45) is 3.99. The highest BCUT2D eigenvalue weighted by atomic mass is 79.9. The molecule has 1 aliphatic heterocycles. The smallest absolute Gasteiger partial charge is 0.338 e. The number of hydrogen-bond acceptors (Lipinski definition) is 7. The largest absolute Gasteiger partial charge is 0.497 e. The van der Waals surface area contributed by atoms with Crippen molar-refractivity contribution in [3.63, 3.8) is 0 Å². The fraction of sp³-hybridized carbons (Fsp3) is 0.154. The highest BCUT2D eigenvalue weighted by molar-refractivity contribution is 9.10. The second-order valence-corrected chi connectivity index (χ2v) is 13.3. The summed E-state index contributed by atoms with van der Waals surface area (Å²) in [5.74, 6) is 0.482. The molecule has 0 radical (unpaired) electrons. The van der Waals surface area contributed by atoms with Gasteiger partial charge in [0.25, 0.3) is 5.56 Å².